The molecule has 1 fully saturated rings. The molecule has 144 valence electrons. The average Bonchev–Trinajstić information content (AvgIpc) is 3.05. The van der Waals surface area contributed by atoms with Crippen molar-refractivity contribution in [3.05, 3.63) is 17.7 Å². The van der Waals surface area contributed by atoms with Crippen LogP contribution in [0.4, 0.5) is 0 Å². The highest BCUT2D eigenvalue weighted by atomic mass is 16.2. The fourth-order valence-electron chi connectivity index (χ4n) is 3.73. The lowest BCUT2D eigenvalue weighted by Gasteiger charge is -2.32. The molecule has 0 radical (unpaired) electrons. The van der Waals surface area contributed by atoms with Gasteiger partial charge in [-0.1, -0.05) is 0 Å². The summed E-state index contributed by atoms with van der Waals surface area (Å²) in [6.45, 7) is 8.06. The van der Waals surface area contributed by atoms with Crippen LogP contribution in [0.1, 0.15) is 51.0 Å². The number of carbonyl (C=O) groups excluding carboxylic acids is 1. The molecule has 0 unspecified atom stereocenters. The molecule has 1 amide bonds. The Kier molecular flexibility index (Phi) is 6.52. The SMILES string of the molecule is CCNC(=NCCc1cn2c(n1)CCCC2)NC1CCN(C(C)=O)CC1. The topological polar surface area (TPSA) is 74.6 Å². The third-order valence-electron chi connectivity index (χ3n) is 5.22. The molecule has 2 aliphatic heterocycles. The molecule has 0 bridgehead atoms. The normalized spacial score (nSPS) is 18.5. The molecule has 26 heavy (non-hydrogen) atoms. The van der Waals surface area contributed by atoms with Crippen LogP contribution in [-0.2, 0) is 24.2 Å². The number of hydrogen-bond acceptors (Lipinski definition) is 3. The van der Waals surface area contributed by atoms with Crippen LogP contribution in [0.15, 0.2) is 11.2 Å². The maximum atomic E-state index is 11.4. The molecule has 0 aromatic carbocycles. The fourth-order valence-corrected chi connectivity index (χ4v) is 3.73. The van der Waals surface area contributed by atoms with Crippen LogP contribution >= 0.6 is 0 Å². The van der Waals surface area contributed by atoms with E-state index in [-0.39, 0.29) is 5.91 Å². The second-order valence-electron chi connectivity index (χ2n) is 7.23. The third-order valence-corrected chi connectivity index (χ3v) is 5.22. The number of aliphatic imine (C=N–C) groups is 1. The van der Waals surface area contributed by atoms with Crippen LogP contribution in [0, 0.1) is 0 Å². The summed E-state index contributed by atoms with van der Waals surface area (Å²) in [4.78, 5) is 22.8. The van der Waals surface area contributed by atoms with Gasteiger partial charge in [-0.2, -0.15) is 0 Å². The van der Waals surface area contributed by atoms with Gasteiger partial charge in [-0.3, -0.25) is 9.79 Å². The number of aromatic nitrogens is 2. The van der Waals surface area contributed by atoms with Crippen molar-refractivity contribution >= 4 is 11.9 Å². The van der Waals surface area contributed by atoms with Gasteiger partial charge in [0.05, 0.1) is 5.69 Å². The number of rotatable bonds is 5. The van der Waals surface area contributed by atoms with E-state index in [0.29, 0.717) is 6.04 Å². The van der Waals surface area contributed by atoms with Crippen molar-refractivity contribution in [2.45, 2.75) is 65.0 Å². The van der Waals surface area contributed by atoms with Gasteiger partial charge in [0.1, 0.15) is 5.82 Å². The smallest absolute Gasteiger partial charge is 0.219 e. The van der Waals surface area contributed by atoms with E-state index in [2.05, 4.69) is 28.3 Å². The van der Waals surface area contributed by atoms with Crippen LogP contribution in [0.25, 0.3) is 0 Å². The lowest BCUT2D eigenvalue weighted by atomic mass is 10.1. The largest absolute Gasteiger partial charge is 0.357 e. The Morgan fingerprint density at radius 1 is 1.31 bits per heavy atom. The first-order valence-corrected chi connectivity index (χ1v) is 10.0. The number of amides is 1. The average molecular weight is 361 g/mol. The van der Waals surface area contributed by atoms with Crippen LogP contribution < -0.4 is 10.6 Å². The lowest BCUT2D eigenvalue weighted by molar-refractivity contribution is -0.129. The second-order valence-corrected chi connectivity index (χ2v) is 7.23. The molecular weight excluding hydrogens is 328 g/mol. The molecule has 7 nitrogen and oxygen atoms in total. The molecule has 0 saturated carbocycles. The highest BCUT2D eigenvalue weighted by Crippen LogP contribution is 2.15. The van der Waals surface area contributed by atoms with E-state index in [1.165, 1.54) is 18.7 Å². The Morgan fingerprint density at radius 2 is 2.12 bits per heavy atom. The zero-order valence-electron chi connectivity index (χ0n) is 16.1. The molecule has 7 heteroatoms. The van der Waals surface area contributed by atoms with Gasteiger partial charge in [-0.15, -0.1) is 0 Å². The Bertz CT molecular complexity index is 606. The molecule has 2 aliphatic rings. The minimum Gasteiger partial charge on any atom is -0.357 e. The number of imidazole rings is 1. The Hall–Kier alpha value is -2.05. The molecular formula is C19H32N6O. The summed E-state index contributed by atoms with van der Waals surface area (Å²) in [5.41, 5.74) is 1.15. The molecule has 1 saturated heterocycles. The minimum atomic E-state index is 0.173. The van der Waals surface area contributed by atoms with Gasteiger partial charge in [0.2, 0.25) is 5.91 Å². The molecule has 2 N–H and O–H groups in total. The predicted molar refractivity (Wildman–Crippen MR) is 103 cm³/mol. The number of carbonyl (C=O) groups is 1. The van der Waals surface area contributed by atoms with Crippen LogP contribution in [0.2, 0.25) is 0 Å². The molecule has 1 aromatic heterocycles. The predicted octanol–water partition coefficient (Wildman–Crippen LogP) is 1.33. The van der Waals surface area contributed by atoms with Gasteiger partial charge < -0.3 is 20.1 Å². The molecule has 0 atom stereocenters. The maximum Gasteiger partial charge on any atom is 0.219 e. The van der Waals surface area contributed by atoms with Crippen molar-refractivity contribution in [2.24, 2.45) is 4.99 Å². The summed E-state index contributed by atoms with van der Waals surface area (Å²) in [5, 5.41) is 6.86. The Labute approximate surface area is 156 Å². The second kappa shape index (κ2) is 9.05. The van der Waals surface area contributed by atoms with Gasteiger partial charge >= 0.3 is 0 Å². The van der Waals surface area contributed by atoms with Crippen LogP contribution in [0.3, 0.4) is 0 Å². The summed E-state index contributed by atoms with van der Waals surface area (Å²) in [6.07, 6.45) is 8.63. The number of likely N-dealkylation sites (tertiary alicyclic amines) is 1. The van der Waals surface area contributed by atoms with Crippen molar-refractivity contribution in [2.75, 3.05) is 26.2 Å². The van der Waals surface area contributed by atoms with Crippen molar-refractivity contribution in [1.82, 2.24) is 25.1 Å². The number of nitrogens with zero attached hydrogens (tertiary/aromatic N) is 4. The van der Waals surface area contributed by atoms with E-state index >= 15 is 0 Å². The monoisotopic (exact) mass is 360 g/mol. The van der Waals surface area contributed by atoms with Gasteiger partial charge in [-0.05, 0) is 32.6 Å². The summed E-state index contributed by atoms with van der Waals surface area (Å²) in [7, 11) is 0. The molecule has 3 rings (SSSR count). The summed E-state index contributed by atoms with van der Waals surface area (Å²) in [5.74, 6) is 2.28. The van der Waals surface area contributed by atoms with Crippen molar-refractivity contribution < 1.29 is 4.79 Å². The van der Waals surface area contributed by atoms with Crippen molar-refractivity contribution in [3.8, 4) is 0 Å². The molecule has 1 aromatic rings. The number of piperidine rings is 1. The zero-order chi connectivity index (χ0) is 18.4. The molecule has 0 spiro atoms. The number of nitrogens with one attached hydrogen (secondary N) is 2. The van der Waals surface area contributed by atoms with E-state index in [4.69, 9.17) is 9.98 Å². The first kappa shape index (κ1) is 18.7. The quantitative estimate of drug-likeness (QED) is 0.614. The van der Waals surface area contributed by atoms with Gasteiger partial charge in [0, 0.05) is 64.7 Å². The lowest BCUT2D eigenvalue weighted by Crippen LogP contribution is -2.49. The Morgan fingerprint density at radius 3 is 2.81 bits per heavy atom. The van der Waals surface area contributed by atoms with E-state index in [0.717, 1.165) is 70.1 Å². The first-order chi connectivity index (χ1) is 12.7. The fraction of sp³-hybridized carbons (Fsp3) is 0.737. The van der Waals surface area contributed by atoms with Gasteiger partial charge in [-0.25, -0.2) is 4.98 Å². The number of guanidine groups is 1. The first-order valence-electron chi connectivity index (χ1n) is 10.0. The van der Waals surface area contributed by atoms with Crippen molar-refractivity contribution in [1.29, 1.82) is 0 Å². The minimum absolute atomic E-state index is 0.173. The van der Waals surface area contributed by atoms with E-state index in [1.54, 1.807) is 6.92 Å². The number of fused-ring (bicyclic) bond motifs is 1. The summed E-state index contributed by atoms with van der Waals surface area (Å²) < 4.78 is 2.30. The van der Waals surface area contributed by atoms with E-state index in [9.17, 15) is 4.79 Å². The maximum absolute atomic E-state index is 11.4. The van der Waals surface area contributed by atoms with Crippen LogP contribution in [0.5, 0.6) is 0 Å². The highest BCUT2D eigenvalue weighted by molar-refractivity contribution is 5.80. The van der Waals surface area contributed by atoms with Crippen LogP contribution in [-0.4, -0.2) is 58.5 Å². The molecule has 0 aliphatic carbocycles. The number of aryl methyl sites for hydroxylation is 2. The van der Waals surface area contributed by atoms with E-state index in [1.807, 2.05) is 4.90 Å². The molecule has 3 heterocycles. The number of hydrogen-bond donors (Lipinski definition) is 2. The third kappa shape index (κ3) is 4.99. The van der Waals surface area contributed by atoms with Crippen molar-refractivity contribution in [3.63, 3.8) is 0 Å². The van der Waals surface area contributed by atoms with E-state index < -0.39 is 0 Å². The standard InChI is InChI=1S/C19H32N6O/c1-3-20-19(23-16-8-12-24(13-9-16)15(2)26)21-10-7-17-14-25-11-5-4-6-18(25)22-17/h14,16H,3-13H2,1-2H3,(H2,20,21,23). The van der Waals surface area contributed by atoms with Gasteiger partial charge in [0.25, 0.3) is 0 Å². The Balaban J connectivity index is 1.49. The highest BCUT2D eigenvalue weighted by Gasteiger charge is 2.21. The van der Waals surface area contributed by atoms with Gasteiger partial charge in [0.15, 0.2) is 5.96 Å². The summed E-state index contributed by atoms with van der Waals surface area (Å²) >= 11 is 0. The zero-order valence-corrected chi connectivity index (χ0v) is 16.1. The summed E-state index contributed by atoms with van der Waals surface area (Å²) in [6, 6.07) is 0.378.